The summed E-state index contributed by atoms with van der Waals surface area (Å²) >= 11 is 0. The molecule has 7 rings (SSSR count). The number of carbonyl (C=O) groups is 4. The van der Waals surface area contributed by atoms with Crippen LogP contribution in [0, 0.1) is 0 Å². The first-order valence-corrected chi connectivity index (χ1v) is 18.2. The van der Waals surface area contributed by atoms with Crippen LogP contribution >= 0.6 is 0 Å². The minimum absolute atomic E-state index is 0.0257. The van der Waals surface area contributed by atoms with Gasteiger partial charge in [-0.05, 0) is 25.0 Å². The van der Waals surface area contributed by atoms with Crippen molar-refractivity contribution in [3.63, 3.8) is 0 Å². The van der Waals surface area contributed by atoms with Gasteiger partial charge < -0.3 is 11.1 Å². The van der Waals surface area contributed by atoms with Crippen LogP contribution in [-0.2, 0) is 20.2 Å². The highest BCUT2D eigenvalue weighted by Gasteiger charge is 2.39. The van der Waals surface area contributed by atoms with Crippen LogP contribution in [0.25, 0.3) is 0 Å². The smallest absolute Gasteiger partial charge is 0.296 e. The molecule has 0 bridgehead atoms. The van der Waals surface area contributed by atoms with Crippen molar-refractivity contribution < 1.29 is 45.1 Å². The number of ketones is 4. The first-order chi connectivity index (χ1) is 23.7. The van der Waals surface area contributed by atoms with Gasteiger partial charge in [-0.25, -0.2) is 0 Å². The van der Waals surface area contributed by atoms with Gasteiger partial charge in [0.25, 0.3) is 20.2 Å². The van der Waals surface area contributed by atoms with E-state index in [9.17, 15) is 45.1 Å². The van der Waals surface area contributed by atoms with Crippen molar-refractivity contribution in [2.24, 2.45) is 10.2 Å². The van der Waals surface area contributed by atoms with Gasteiger partial charge in [0, 0.05) is 34.0 Å². The molecule has 0 radical (unpaired) electrons. The van der Waals surface area contributed by atoms with Gasteiger partial charge >= 0.3 is 0 Å². The van der Waals surface area contributed by atoms with Gasteiger partial charge in [0.2, 0.25) is 0 Å². The lowest BCUT2D eigenvalue weighted by atomic mass is 9.82. The van der Waals surface area contributed by atoms with E-state index < -0.39 is 86.9 Å². The summed E-state index contributed by atoms with van der Waals surface area (Å²) in [7, 11) is -10.3. The molecule has 1 fully saturated rings. The Kier molecular flexibility index (Phi) is 7.86. The van der Waals surface area contributed by atoms with Crippen LogP contribution in [0.2, 0.25) is 0 Å². The Labute approximate surface area is 284 Å². The standard InChI is InChI=1S/C34H26N4O10S2/c35-29-23(49(43,44)45)15-22(26-27(29)33(41)19-12-6-4-10-17(19)32(26)40)37-38-30-24(50(46,47)48)14-21(36-16-8-2-1-3-9-16)25-28(30)34(42)20-13-7-5-11-18(20)31(25)39/h4-7,10-16,36H,1-3,8-9,35H2,(H,43,44,45)(H,46,47,48). The molecule has 5 N–H and O–H groups in total. The van der Waals surface area contributed by atoms with Gasteiger partial charge in [-0.2, -0.15) is 16.8 Å². The number of nitrogens with one attached hydrogen (secondary N) is 1. The highest BCUT2D eigenvalue weighted by Crippen LogP contribution is 2.45. The molecule has 3 aliphatic rings. The second kappa shape index (κ2) is 11.9. The number of nitrogen functional groups attached to an aromatic ring is 1. The number of anilines is 2. The second-order valence-electron chi connectivity index (χ2n) is 12.1. The molecule has 0 atom stereocenters. The monoisotopic (exact) mass is 714 g/mol. The summed E-state index contributed by atoms with van der Waals surface area (Å²) in [5.74, 6) is -3.13. The number of nitrogens with two attached hydrogens (primary N) is 1. The molecule has 0 amide bonds. The quantitative estimate of drug-likeness (QED) is 0.0954. The lowest BCUT2D eigenvalue weighted by molar-refractivity contribution is 0.0979. The number of hydrogen-bond acceptors (Lipinski definition) is 12. The molecule has 50 heavy (non-hydrogen) atoms. The van der Waals surface area contributed by atoms with Crippen molar-refractivity contribution in [2.45, 2.75) is 47.9 Å². The third-order valence-electron chi connectivity index (χ3n) is 9.09. The van der Waals surface area contributed by atoms with Crippen LogP contribution in [0.1, 0.15) is 95.8 Å². The minimum atomic E-state index is -5.20. The number of azo groups is 1. The maximum atomic E-state index is 14.1. The topological polar surface area (TPSA) is 240 Å². The first kappa shape index (κ1) is 33.1. The summed E-state index contributed by atoms with van der Waals surface area (Å²) in [5, 5.41) is 11.1. The first-order valence-electron chi connectivity index (χ1n) is 15.4. The number of benzene rings is 4. The molecule has 4 aromatic carbocycles. The fraction of sp³-hybridized carbons (Fsp3) is 0.176. The van der Waals surface area contributed by atoms with Crippen LogP contribution in [0.4, 0.5) is 22.7 Å². The Morgan fingerprint density at radius 3 is 1.62 bits per heavy atom. The molecule has 0 heterocycles. The van der Waals surface area contributed by atoms with Gasteiger partial charge in [0.05, 0.1) is 33.6 Å². The summed E-state index contributed by atoms with van der Waals surface area (Å²) in [5.41, 5.74) is 1.82. The molecule has 3 aliphatic carbocycles. The Balaban J connectivity index is 1.51. The van der Waals surface area contributed by atoms with Gasteiger partial charge in [-0.15, -0.1) is 10.2 Å². The molecular formula is C34H26N4O10S2. The maximum Gasteiger partial charge on any atom is 0.296 e. The summed E-state index contributed by atoms with van der Waals surface area (Å²) < 4.78 is 71.0. The number of fused-ring (bicyclic) bond motifs is 4. The molecule has 254 valence electrons. The van der Waals surface area contributed by atoms with Crippen molar-refractivity contribution in [2.75, 3.05) is 11.1 Å². The molecule has 16 heteroatoms. The third-order valence-corrected chi connectivity index (χ3v) is 10.9. The summed E-state index contributed by atoms with van der Waals surface area (Å²) in [6.07, 6.45) is 4.13. The van der Waals surface area contributed by atoms with E-state index in [1.807, 2.05) is 0 Å². The lowest BCUT2D eigenvalue weighted by Crippen LogP contribution is -2.27. The average molecular weight is 715 g/mol. The summed E-state index contributed by atoms with van der Waals surface area (Å²) in [4.78, 5) is 53.6. The van der Waals surface area contributed by atoms with Gasteiger partial charge in [0.1, 0.15) is 15.5 Å². The van der Waals surface area contributed by atoms with E-state index in [1.165, 1.54) is 42.5 Å². The minimum Gasteiger partial charge on any atom is -0.397 e. The zero-order valence-electron chi connectivity index (χ0n) is 25.8. The molecule has 0 aliphatic heterocycles. The highest BCUT2D eigenvalue weighted by molar-refractivity contribution is 7.86. The predicted octanol–water partition coefficient (Wildman–Crippen LogP) is 5.47. The predicted molar refractivity (Wildman–Crippen MR) is 178 cm³/mol. The van der Waals surface area contributed by atoms with E-state index >= 15 is 0 Å². The Morgan fingerprint density at radius 2 is 1.10 bits per heavy atom. The number of hydrogen-bond donors (Lipinski definition) is 4. The third kappa shape index (κ3) is 5.32. The fourth-order valence-electron chi connectivity index (χ4n) is 6.80. The van der Waals surface area contributed by atoms with E-state index in [4.69, 9.17) is 5.73 Å². The van der Waals surface area contributed by atoms with Crippen molar-refractivity contribution in [3.8, 4) is 0 Å². The van der Waals surface area contributed by atoms with Crippen molar-refractivity contribution in [1.29, 1.82) is 0 Å². The van der Waals surface area contributed by atoms with Crippen LogP contribution in [0.5, 0.6) is 0 Å². The van der Waals surface area contributed by atoms with E-state index in [-0.39, 0.29) is 39.5 Å². The molecular weight excluding hydrogens is 689 g/mol. The SMILES string of the molecule is Nc1c(S(=O)(=O)O)cc(N=Nc2c(S(=O)(=O)O)cc(NC3CCCCC3)c3c2C(=O)c2ccccc2C3=O)c2c1C(=O)c1ccccc1C2=O. The number of nitrogens with zero attached hydrogens (tertiary/aromatic N) is 2. The van der Waals surface area contributed by atoms with Gasteiger partial charge in [-0.1, -0.05) is 67.8 Å². The summed E-state index contributed by atoms with van der Waals surface area (Å²) in [6, 6.07) is 13.0. The van der Waals surface area contributed by atoms with Gasteiger partial charge in [-0.3, -0.25) is 28.3 Å². The van der Waals surface area contributed by atoms with Crippen molar-refractivity contribution in [1.82, 2.24) is 0 Å². The largest absolute Gasteiger partial charge is 0.397 e. The molecule has 0 unspecified atom stereocenters. The zero-order chi connectivity index (χ0) is 35.7. The van der Waals surface area contributed by atoms with E-state index in [0.717, 1.165) is 25.3 Å². The Bertz CT molecular complexity index is 2490. The van der Waals surface area contributed by atoms with Crippen LogP contribution in [-0.4, -0.2) is 55.1 Å². The van der Waals surface area contributed by atoms with Crippen LogP contribution in [0.3, 0.4) is 0 Å². The molecule has 0 saturated heterocycles. The highest BCUT2D eigenvalue weighted by atomic mass is 32.2. The van der Waals surface area contributed by atoms with E-state index in [1.54, 1.807) is 6.07 Å². The molecule has 0 spiro atoms. The number of rotatable bonds is 6. The molecule has 0 aromatic heterocycles. The van der Waals surface area contributed by atoms with Crippen molar-refractivity contribution in [3.05, 3.63) is 105 Å². The zero-order valence-corrected chi connectivity index (χ0v) is 27.5. The van der Waals surface area contributed by atoms with Crippen molar-refractivity contribution >= 4 is 66.1 Å². The molecule has 14 nitrogen and oxygen atoms in total. The van der Waals surface area contributed by atoms with E-state index in [2.05, 4.69) is 15.5 Å². The van der Waals surface area contributed by atoms with Gasteiger partial charge in [0.15, 0.2) is 23.1 Å². The fourth-order valence-corrected chi connectivity index (χ4v) is 8.09. The number of carbonyl (C=O) groups excluding carboxylic acids is 4. The molecule has 1 saturated carbocycles. The average Bonchev–Trinajstić information content (AvgIpc) is 3.08. The molecule has 4 aromatic rings. The lowest BCUT2D eigenvalue weighted by Gasteiger charge is -2.28. The normalized spacial score (nSPS) is 16.2. The van der Waals surface area contributed by atoms with E-state index in [0.29, 0.717) is 18.9 Å². The van der Waals surface area contributed by atoms with Crippen LogP contribution < -0.4 is 11.1 Å². The Hall–Kier alpha value is -5.42. The van der Waals surface area contributed by atoms with Crippen LogP contribution in [0.15, 0.2) is 80.7 Å². The second-order valence-corrected chi connectivity index (χ2v) is 14.9. The maximum absolute atomic E-state index is 14.1. The Morgan fingerprint density at radius 1 is 0.620 bits per heavy atom. The summed E-state index contributed by atoms with van der Waals surface area (Å²) in [6.45, 7) is 0.